The van der Waals surface area contributed by atoms with Crippen LogP contribution in [0, 0.1) is 0 Å². The fraction of sp³-hybridized carbons (Fsp3) is 0.714. The van der Waals surface area contributed by atoms with Gasteiger partial charge in [0.2, 0.25) is 0 Å². The minimum absolute atomic E-state index is 0.0829. The highest BCUT2D eigenvalue weighted by Gasteiger charge is 2.13. The fourth-order valence-electron chi connectivity index (χ4n) is 4.76. The summed E-state index contributed by atoms with van der Waals surface area (Å²) in [5.41, 5.74) is 0. The van der Waals surface area contributed by atoms with Crippen molar-refractivity contribution in [2.24, 2.45) is 0 Å². The van der Waals surface area contributed by atoms with Crippen LogP contribution in [-0.2, 0) is 138 Å². The van der Waals surface area contributed by atoms with Gasteiger partial charge in [0.05, 0.1) is 66.1 Å². The number of carboxylic acids is 16. The Labute approximate surface area is 576 Å². The van der Waals surface area contributed by atoms with Crippen molar-refractivity contribution in [2.45, 2.75) is 103 Å². The molecular weight excluding hydrogens is 1390 g/mol. The number of carbonyl (C=O) groups is 16. The zero-order chi connectivity index (χ0) is 79.0. The summed E-state index contributed by atoms with van der Waals surface area (Å²) >= 11 is 0. The normalized spacial score (nSPS) is 10.4. The molecule has 0 bridgehead atoms. The van der Waals surface area contributed by atoms with E-state index < -0.39 is 154 Å². The maximum Gasteiger partial charge on any atom is 0.332 e. The molecule has 590 valence electrons. The van der Waals surface area contributed by atoms with Crippen LogP contribution in [0.3, 0.4) is 0 Å². The first kappa shape index (κ1) is 108. The van der Waals surface area contributed by atoms with E-state index in [1.54, 1.807) is 0 Å². The molecule has 2 atom stereocenters. The highest BCUT2D eigenvalue weighted by atomic mass is 16.6. The molecule has 0 aromatic heterocycles. The van der Waals surface area contributed by atoms with Crippen molar-refractivity contribution in [3.8, 4) is 0 Å². The Morgan fingerprint density at radius 3 is 0.584 bits per heavy atom. The summed E-state index contributed by atoms with van der Waals surface area (Å²) in [6.07, 6.45) is 5.12. The lowest BCUT2D eigenvalue weighted by Crippen LogP contribution is -2.23. The molecular formula is C56H96O45. The maximum atomic E-state index is 10.3. The summed E-state index contributed by atoms with van der Waals surface area (Å²) < 4.78 is 60.7. The van der Waals surface area contributed by atoms with Crippen molar-refractivity contribution in [3.05, 3.63) is 0 Å². The van der Waals surface area contributed by atoms with Gasteiger partial charge in [-0.25, -0.2) is 62.3 Å². The van der Waals surface area contributed by atoms with Gasteiger partial charge in [0.25, 0.3) is 0 Å². The van der Waals surface area contributed by atoms with Crippen molar-refractivity contribution in [2.75, 3.05) is 159 Å². The lowest BCUT2D eigenvalue weighted by molar-refractivity contribution is -0.155. The van der Waals surface area contributed by atoms with Crippen LogP contribution in [-0.4, -0.2) is 348 Å². The number of hydrogen-bond donors (Lipinski definition) is 16. The SMILES string of the molecule is CC(OCC(=O)O)C(=O)O.CC(OCCCCCC(=O)O)C(=O)O.O=C(O)CCCCCOCC(=O)O.O=C(O)CCCCCOCCOCC(=O)O.O=C(O)COCC(=O)O.O=C(O)COCCOCC(=O)O.O=C(O)COCCOCC(=O)O.O=C(O)COCCOCCOCC(=O)O. The lowest BCUT2D eigenvalue weighted by atomic mass is 10.2. The smallest absolute Gasteiger partial charge is 0.332 e. The van der Waals surface area contributed by atoms with Crippen LogP contribution >= 0.6 is 0 Å². The number of rotatable bonds is 59. The van der Waals surface area contributed by atoms with Gasteiger partial charge >= 0.3 is 95.5 Å². The van der Waals surface area contributed by atoms with Crippen LogP contribution in [0.15, 0.2) is 0 Å². The number of hydrogen-bond acceptors (Lipinski definition) is 29. The van der Waals surface area contributed by atoms with Gasteiger partial charge in [-0.15, -0.1) is 0 Å². The molecule has 0 fully saturated rings. The van der Waals surface area contributed by atoms with Crippen molar-refractivity contribution < 1.29 is 220 Å². The van der Waals surface area contributed by atoms with E-state index in [1.807, 2.05) is 0 Å². The Hall–Kier alpha value is -9.00. The zero-order valence-corrected chi connectivity index (χ0v) is 55.6. The van der Waals surface area contributed by atoms with Crippen molar-refractivity contribution >= 4 is 95.5 Å². The van der Waals surface area contributed by atoms with E-state index in [1.165, 1.54) is 13.8 Å². The minimum Gasteiger partial charge on any atom is -0.481 e. The number of carboxylic acid groups (broad SMARTS) is 16. The summed E-state index contributed by atoms with van der Waals surface area (Å²) in [7, 11) is 0. The van der Waals surface area contributed by atoms with Crippen LogP contribution in [0.1, 0.15) is 90.9 Å². The highest BCUT2D eigenvalue weighted by molar-refractivity contribution is 5.74. The average molecular weight is 1490 g/mol. The molecule has 0 aliphatic carbocycles. The van der Waals surface area contributed by atoms with Crippen LogP contribution in [0.4, 0.5) is 0 Å². The molecule has 0 spiro atoms. The molecule has 0 radical (unpaired) electrons. The second kappa shape index (κ2) is 83.4. The first-order valence-electron chi connectivity index (χ1n) is 29.4. The summed E-state index contributed by atoms with van der Waals surface area (Å²) in [6.45, 7) is 1.33. The zero-order valence-electron chi connectivity index (χ0n) is 55.6. The number of aliphatic carboxylic acids is 16. The van der Waals surface area contributed by atoms with Crippen LogP contribution in [0.5, 0.6) is 0 Å². The topological polar surface area (TPSA) is 717 Å². The van der Waals surface area contributed by atoms with Gasteiger partial charge in [0.15, 0.2) is 12.2 Å². The number of unbranched alkanes of at least 4 members (excludes halogenated alkanes) is 6. The standard InChI is InChI=1S/C10H18O6.C9H16O5.C8H14O7.C8H14O5.2C6H10O6.C5H8O5.C4H6O5/c11-9(12)4-2-1-3-5-15-6-7-16-8-10(13)14;1-7(9(12)13)14-6-4-2-3-5-8(10)11;9-7(10)5-14-3-1-13-2-4-15-6-8(11)12;9-7(10)4-2-1-3-5-13-6-8(11)12;2*7-5(8)3-11-1-2-12-4-6(9)10;1-3(5(8)9)10-2-4(6)7;5-3(6)1-9-2-4(7)8/h1-8H2,(H,11,12)(H,13,14);7H,2-6H2,1H3,(H,10,11)(H,12,13);1-6H2,(H,9,10)(H,11,12);1-6H2,(H,9,10)(H,11,12);2*1-4H2,(H,7,8)(H,9,10);3H,2H2,1H3,(H,6,7)(H,8,9);1-2H2,(H,5,6)(H,7,8). The van der Waals surface area contributed by atoms with Crippen molar-refractivity contribution in [3.63, 3.8) is 0 Å². The average Bonchev–Trinajstić information content (AvgIpc) is 2.35. The quantitative estimate of drug-likeness (QED) is 0.0322. The van der Waals surface area contributed by atoms with Gasteiger partial charge < -0.3 is 143 Å². The fourth-order valence-corrected chi connectivity index (χ4v) is 4.76. The molecule has 45 heteroatoms. The van der Waals surface area contributed by atoms with E-state index in [2.05, 4.69) is 37.9 Å². The molecule has 101 heavy (non-hydrogen) atoms. The molecule has 0 aliphatic heterocycles. The summed E-state index contributed by atoms with van der Waals surface area (Å²) in [5.74, 6) is -16.3. The molecule has 0 amide bonds. The molecule has 0 aromatic carbocycles. The first-order chi connectivity index (χ1) is 47.3. The Morgan fingerprint density at radius 1 is 0.188 bits per heavy atom. The third-order valence-corrected chi connectivity index (χ3v) is 9.03. The molecule has 0 saturated carbocycles. The monoisotopic (exact) mass is 1490 g/mol. The molecule has 16 N–H and O–H groups in total. The summed E-state index contributed by atoms with van der Waals surface area (Å²) in [6, 6.07) is 0. The van der Waals surface area contributed by atoms with E-state index in [4.69, 9.17) is 105 Å². The largest absolute Gasteiger partial charge is 0.481 e. The molecule has 45 nitrogen and oxygen atoms in total. The van der Waals surface area contributed by atoms with E-state index in [0.29, 0.717) is 58.5 Å². The van der Waals surface area contributed by atoms with Gasteiger partial charge in [0, 0.05) is 39.1 Å². The summed E-state index contributed by atoms with van der Waals surface area (Å²) in [4.78, 5) is 159. The lowest BCUT2D eigenvalue weighted by Gasteiger charge is -2.07. The van der Waals surface area contributed by atoms with Gasteiger partial charge in [-0.05, 0) is 52.4 Å². The van der Waals surface area contributed by atoms with Crippen molar-refractivity contribution in [1.29, 1.82) is 0 Å². The molecule has 0 aromatic rings. The van der Waals surface area contributed by atoms with E-state index in [-0.39, 0.29) is 105 Å². The number of ether oxygens (including phenoxy) is 13. The maximum absolute atomic E-state index is 10.3. The van der Waals surface area contributed by atoms with Crippen LogP contribution in [0.2, 0.25) is 0 Å². The van der Waals surface area contributed by atoms with E-state index >= 15 is 0 Å². The second-order valence-corrected chi connectivity index (χ2v) is 18.2. The second-order valence-electron chi connectivity index (χ2n) is 18.2. The van der Waals surface area contributed by atoms with Gasteiger partial charge in [-0.3, -0.25) is 14.4 Å². The Bertz CT molecular complexity index is 2080. The van der Waals surface area contributed by atoms with Crippen molar-refractivity contribution in [1.82, 2.24) is 0 Å². The van der Waals surface area contributed by atoms with E-state index in [9.17, 15) is 76.7 Å². The first-order valence-corrected chi connectivity index (χ1v) is 29.4. The molecule has 0 aliphatic rings. The van der Waals surface area contributed by atoms with Crippen LogP contribution in [0.25, 0.3) is 0 Å². The molecule has 0 rings (SSSR count). The predicted octanol–water partition coefficient (Wildman–Crippen LogP) is -1.08. The molecule has 0 saturated heterocycles. The molecule has 2 unspecified atom stereocenters. The third-order valence-electron chi connectivity index (χ3n) is 9.03. The van der Waals surface area contributed by atoms with Gasteiger partial charge in [-0.1, -0.05) is 19.3 Å². The predicted molar refractivity (Wildman–Crippen MR) is 327 cm³/mol. The Balaban J connectivity index is -0.000000164. The van der Waals surface area contributed by atoms with Crippen LogP contribution < -0.4 is 0 Å². The minimum atomic E-state index is -1.17. The van der Waals surface area contributed by atoms with E-state index in [0.717, 1.165) is 25.7 Å². The Kier molecular flexibility index (Phi) is 89.2. The van der Waals surface area contributed by atoms with Gasteiger partial charge in [0.1, 0.15) is 72.7 Å². The third kappa shape index (κ3) is 139. The summed E-state index contributed by atoms with van der Waals surface area (Å²) in [5, 5.41) is 131. The molecule has 0 heterocycles. The highest BCUT2D eigenvalue weighted by Crippen LogP contribution is 2.03. The Morgan fingerprint density at radius 2 is 0.366 bits per heavy atom. The van der Waals surface area contributed by atoms with Gasteiger partial charge in [-0.2, -0.15) is 0 Å².